The number of hydrazine groups is 1. The van der Waals surface area contributed by atoms with Crippen LogP contribution in [0.4, 0.5) is 0 Å². The van der Waals surface area contributed by atoms with E-state index in [1.54, 1.807) is 0 Å². The molecule has 1 fully saturated rings. The van der Waals surface area contributed by atoms with Crippen LogP contribution in [-0.2, 0) is 6.42 Å². The third-order valence-electron chi connectivity index (χ3n) is 5.22. The number of likely N-dealkylation sites (N-methyl/N-ethyl adjacent to an activating group) is 1. The molecule has 1 aromatic carbocycles. The average Bonchev–Trinajstić information content (AvgIpc) is 2.86. The number of benzene rings is 1. The lowest BCUT2D eigenvalue weighted by Crippen LogP contribution is -2.50. The molecule has 20 heavy (non-hydrogen) atoms. The van der Waals surface area contributed by atoms with Crippen LogP contribution in [0.1, 0.15) is 23.5 Å². The van der Waals surface area contributed by atoms with E-state index in [-0.39, 0.29) is 0 Å². The minimum absolute atomic E-state index is 0.637. The Morgan fingerprint density at radius 3 is 3.20 bits per heavy atom. The molecule has 1 aliphatic carbocycles. The molecule has 1 saturated heterocycles. The minimum Gasteiger partial charge on any atom is -0.361 e. The van der Waals surface area contributed by atoms with Gasteiger partial charge >= 0.3 is 0 Å². The Bertz CT molecular complexity index is 632. The van der Waals surface area contributed by atoms with E-state index in [9.17, 15) is 0 Å². The van der Waals surface area contributed by atoms with Gasteiger partial charge in [-0.05, 0) is 43.0 Å². The lowest BCUT2D eigenvalue weighted by atomic mass is 9.72. The Labute approximate surface area is 119 Å². The summed E-state index contributed by atoms with van der Waals surface area (Å²) in [6, 6.07) is 7.33. The van der Waals surface area contributed by atoms with E-state index >= 15 is 0 Å². The molecular formula is C16H22N4. The molecule has 4 rings (SSSR count). The average molecular weight is 270 g/mol. The maximum absolute atomic E-state index is 5.54. The summed E-state index contributed by atoms with van der Waals surface area (Å²) in [5.74, 6) is 6.81. The summed E-state index contributed by atoms with van der Waals surface area (Å²) in [6.45, 7) is 2.05. The molecule has 2 aromatic rings. The number of piperidine rings is 1. The van der Waals surface area contributed by atoms with Crippen molar-refractivity contribution in [2.45, 2.75) is 24.8 Å². The summed E-state index contributed by atoms with van der Waals surface area (Å²) in [7, 11) is 2.26. The van der Waals surface area contributed by atoms with E-state index in [0.717, 1.165) is 13.1 Å². The smallest absolute Gasteiger partial charge is 0.0459 e. The van der Waals surface area contributed by atoms with Crippen LogP contribution < -0.4 is 11.3 Å². The Morgan fingerprint density at radius 1 is 1.45 bits per heavy atom. The molecule has 2 aliphatic rings. The molecule has 3 atom stereocenters. The Kier molecular flexibility index (Phi) is 2.84. The van der Waals surface area contributed by atoms with Crippen LogP contribution in [0.3, 0.4) is 0 Å². The molecule has 1 aromatic heterocycles. The van der Waals surface area contributed by atoms with Crippen molar-refractivity contribution in [3.63, 3.8) is 0 Å². The van der Waals surface area contributed by atoms with E-state index in [1.807, 2.05) is 0 Å². The van der Waals surface area contributed by atoms with E-state index in [2.05, 4.69) is 46.8 Å². The first-order valence-electron chi connectivity index (χ1n) is 7.50. The van der Waals surface area contributed by atoms with Gasteiger partial charge in [-0.15, -0.1) is 0 Å². The molecule has 106 valence electrons. The highest BCUT2D eigenvalue weighted by Gasteiger charge is 2.38. The number of likely N-dealkylation sites (tertiary alicyclic amines) is 1. The molecular weight excluding hydrogens is 248 g/mol. The van der Waals surface area contributed by atoms with Gasteiger partial charge in [-0.2, -0.15) is 0 Å². The summed E-state index contributed by atoms with van der Waals surface area (Å²) in [4.78, 5) is 5.96. The minimum atomic E-state index is 0.637. The number of hydrogen-bond acceptors (Lipinski definition) is 3. The van der Waals surface area contributed by atoms with Crippen molar-refractivity contribution in [1.29, 1.82) is 0 Å². The van der Waals surface area contributed by atoms with Crippen molar-refractivity contribution in [3.05, 3.63) is 35.5 Å². The Morgan fingerprint density at radius 2 is 2.35 bits per heavy atom. The van der Waals surface area contributed by atoms with Crippen LogP contribution >= 0.6 is 0 Å². The molecule has 0 unspecified atom stereocenters. The van der Waals surface area contributed by atoms with Gasteiger partial charge in [-0.25, -0.2) is 0 Å². The molecule has 0 spiro atoms. The van der Waals surface area contributed by atoms with Gasteiger partial charge in [0.2, 0.25) is 0 Å². The number of rotatable bonds is 2. The number of aromatic amines is 1. The van der Waals surface area contributed by atoms with Crippen LogP contribution in [0.2, 0.25) is 0 Å². The van der Waals surface area contributed by atoms with Crippen LogP contribution in [0.5, 0.6) is 0 Å². The van der Waals surface area contributed by atoms with Crippen molar-refractivity contribution in [2.24, 2.45) is 11.8 Å². The van der Waals surface area contributed by atoms with E-state index in [4.69, 9.17) is 5.84 Å². The highest BCUT2D eigenvalue weighted by atomic mass is 15.2. The first-order chi connectivity index (χ1) is 9.78. The van der Waals surface area contributed by atoms with Crippen LogP contribution in [0.15, 0.2) is 24.4 Å². The van der Waals surface area contributed by atoms with Crippen molar-refractivity contribution in [2.75, 3.05) is 20.1 Å². The van der Waals surface area contributed by atoms with E-state index in [1.165, 1.54) is 34.9 Å². The molecule has 0 radical (unpaired) electrons. The number of aromatic nitrogens is 1. The summed E-state index contributed by atoms with van der Waals surface area (Å²) in [6.07, 6.45) is 4.61. The SMILES string of the molecule is CN1C[C@H](CNN)C[C@@H]2c3cccc4[nH]cc(c34)C[C@H]21. The highest BCUT2D eigenvalue weighted by molar-refractivity contribution is 5.88. The van der Waals surface area contributed by atoms with Gasteiger partial charge in [0.1, 0.15) is 0 Å². The maximum Gasteiger partial charge on any atom is 0.0459 e. The molecule has 4 nitrogen and oxygen atoms in total. The number of fused-ring (bicyclic) bond motifs is 2. The summed E-state index contributed by atoms with van der Waals surface area (Å²) in [5.41, 5.74) is 7.17. The zero-order valence-electron chi connectivity index (χ0n) is 11.9. The number of nitrogens with one attached hydrogen (secondary N) is 2. The Hall–Kier alpha value is -1.36. The molecule has 0 amide bonds. The number of nitrogens with zero attached hydrogens (tertiary/aromatic N) is 1. The number of nitrogens with two attached hydrogens (primary N) is 1. The second-order valence-corrected chi connectivity index (χ2v) is 6.41. The molecule has 1 aliphatic heterocycles. The van der Waals surface area contributed by atoms with Crippen molar-refractivity contribution < 1.29 is 0 Å². The lowest BCUT2D eigenvalue weighted by Gasteiger charge is -2.45. The fourth-order valence-electron chi connectivity index (χ4n) is 4.37. The van der Waals surface area contributed by atoms with Crippen LogP contribution in [-0.4, -0.2) is 36.1 Å². The topological polar surface area (TPSA) is 57.1 Å². The van der Waals surface area contributed by atoms with Crippen molar-refractivity contribution in [1.82, 2.24) is 15.3 Å². The monoisotopic (exact) mass is 270 g/mol. The van der Waals surface area contributed by atoms with Gasteiger partial charge in [0.15, 0.2) is 0 Å². The normalized spacial score (nSPS) is 29.6. The quantitative estimate of drug-likeness (QED) is 0.574. The van der Waals surface area contributed by atoms with E-state index in [0.29, 0.717) is 17.9 Å². The third-order valence-corrected chi connectivity index (χ3v) is 5.22. The predicted molar refractivity (Wildman–Crippen MR) is 81.5 cm³/mol. The van der Waals surface area contributed by atoms with E-state index < -0.39 is 0 Å². The predicted octanol–water partition coefficient (Wildman–Crippen LogP) is 1.59. The zero-order valence-corrected chi connectivity index (χ0v) is 11.9. The van der Waals surface area contributed by atoms with Crippen molar-refractivity contribution in [3.8, 4) is 0 Å². The zero-order chi connectivity index (χ0) is 13.7. The Balaban J connectivity index is 1.79. The fourth-order valence-corrected chi connectivity index (χ4v) is 4.37. The highest BCUT2D eigenvalue weighted by Crippen LogP contribution is 2.44. The largest absolute Gasteiger partial charge is 0.361 e. The van der Waals surface area contributed by atoms with Gasteiger partial charge in [0.05, 0.1) is 0 Å². The van der Waals surface area contributed by atoms with Gasteiger partial charge < -0.3 is 9.88 Å². The summed E-state index contributed by atoms with van der Waals surface area (Å²) in [5, 5.41) is 1.48. The second kappa shape index (κ2) is 4.58. The summed E-state index contributed by atoms with van der Waals surface area (Å²) >= 11 is 0. The third kappa shape index (κ3) is 1.72. The molecule has 4 heteroatoms. The lowest BCUT2D eigenvalue weighted by molar-refractivity contribution is 0.111. The van der Waals surface area contributed by atoms with Gasteiger partial charge in [0, 0.05) is 42.1 Å². The first-order valence-corrected chi connectivity index (χ1v) is 7.50. The van der Waals surface area contributed by atoms with Gasteiger partial charge in [-0.1, -0.05) is 12.1 Å². The first kappa shape index (κ1) is 12.4. The fraction of sp³-hybridized carbons (Fsp3) is 0.500. The number of H-pyrrole nitrogens is 1. The molecule has 0 bridgehead atoms. The van der Waals surface area contributed by atoms with Crippen molar-refractivity contribution >= 4 is 10.9 Å². The molecule has 2 heterocycles. The standard InChI is InChI=1S/C16H22N4/c1-20-9-10(7-19-17)5-13-12-3-2-4-14-16(12)11(8-18-14)6-15(13)20/h2-4,8,10,13,15,18-19H,5-7,9,17H2,1H3/t10-,13+,15+/m0/s1. The molecule has 4 N–H and O–H groups in total. The second-order valence-electron chi connectivity index (χ2n) is 6.41. The van der Waals surface area contributed by atoms with Gasteiger partial charge in [0.25, 0.3) is 0 Å². The summed E-state index contributed by atoms with van der Waals surface area (Å²) < 4.78 is 0. The van der Waals surface area contributed by atoms with Crippen LogP contribution in [0, 0.1) is 5.92 Å². The maximum atomic E-state index is 5.54. The number of hydrogen-bond donors (Lipinski definition) is 3. The molecule has 0 saturated carbocycles. The van der Waals surface area contributed by atoms with Gasteiger partial charge in [-0.3, -0.25) is 11.3 Å². The van der Waals surface area contributed by atoms with Crippen LogP contribution in [0.25, 0.3) is 10.9 Å².